The average Bonchev–Trinajstić information content (AvgIpc) is 3.19. The minimum Gasteiger partial charge on any atom is -0.0842 e. The highest BCUT2D eigenvalue weighted by Gasteiger charge is 2.26. The summed E-state index contributed by atoms with van der Waals surface area (Å²) in [6.45, 7) is 0. The van der Waals surface area contributed by atoms with Gasteiger partial charge in [0.25, 0.3) is 0 Å². The van der Waals surface area contributed by atoms with Crippen LogP contribution in [0.2, 0.25) is 0 Å². The number of rotatable bonds is 4. The number of hydrogen-bond donors (Lipinski definition) is 0. The molecule has 0 heterocycles. The van der Waals surface area contributed by atoms with Crippen molar-refractivity contribution in [3.05, 3.63) is 188 Å². The van der Waals surface area contributed by atoms with Gasteiger partial charge < -0.3 is 0 Å². The Morgan fingerprint density at radius 2 is 0.780 bits per heavy atom. The van der Waals surface area contributed by atoms with Crippen LogP contribution in [0.3, 0.4) is 0 Å². The number of benzene rings is 9. The average molecular weight is 635 g/mol. The molecule has 0 amide bonds. The zero-order chi connectivity index (χ0) is 33.0. The van der Waals surface area contributed by atoms with Crippen molar-refractivity contribution >= 4 is 59.4 Å². The maximum Gasteiger partial charge on any atom is -0.000150 e. The van der Waals surface area contributed by atoms with E-state index in [9.17, 15) is 0 Å². The third kappa shape index (κ3) is 4.53. The van der Waals surface area contributed by atoms with E-state index in [-0.39, 0.29) is 0 Å². The summed E-state index contributed by atoms with van der Waals surface area (Å²) >= 11 is 0. The molecule has 0 nitrogen and oxygen atoms in total. The van der Waals surface area contributed by atoms with Crippen molar-refractivity contribution in [1.29, 1.82) is 0 Å². The van der Waals surface area contributed by atoms with Crippen molar-refractivity contribution in [3.8, 4) is 33.4 Å². The summed E-state index contributed by atoms with van der Waals surface area (Å²) in [5.74, 6) is 0. The molecule has 9 aromatic carbocycles. The van der Waals surface area contributed by atoms with Gasteiger partial charge in [-0.2, -0.15) is 0 Å². The lowest BCUT2D eigenvalue weighted by atomic mass is 9.76. The molecule has 9 aromatic rings. The van der Waals surface area contributed by atoms with E-state index < -0.39 is 0 Å². The first-order valence-corrected chi connectivity index (χ1v) is 17.7. The van der Waals surface area contributed by atoms with Crippen LogP contribution in [0.5, 0.6) is 0 Å². The van der Waals surface area contributed by atoms with Gasteiger partial charge in [0, 0.05) is 0 Å². The molecule has 0 spiro atoms. The van der Waals surface area contributed by atoms with Gasteiger partial charge in [0.1, 0.15) is 0 Å². The van der Waals surface area contributed by atoms with E-state index >= 15 is 0 Å². The molecular weight excluding hydrogens is 601 g/mol. The van der Waals surface area contributed by atoms with Crippen molar-refractivity contribution in [3.63, 3.8) is 0 Å². The normalized spacial score (nSPS) is 13.1. The van der Waals surface area contributed by atoms with Gasteiger partial charge in [-0.15, -0.1) is 0 Å². The van der Waals surface area contributed by atoms with Crippen LogP contribution in [-0.2, 0) is 0 Å². The lowest BCUT2D eigenvalue weighted by Crippen LogP contribution is -2.00. The predicted molar refractivity (Wildman–Crippen MR) is 217 cm³/mol. The molecule has 50 heavy (non-hydrogen) atoms. The van der Waals surface area contributed by atoms with Gasteiger partial charge in [-0.25, -0.2) is 0 Å². The predicted octanol–water partition coefficient (Wildman–Crippen LogP) is 14.2. The van der Waals surface area contributed by atoms with E-state index in [1.807, 2.05) is 0 Å². The molecular formula is C50H34. The summed E-state index contributed by atoms with van der Waals surface area (Å²) in [6, 6.07) is 60.8. The second-order valence-electron chi connectivity index (χ2n) is 13.5. The second-order valence-corrected chi connectivity index (χ2v) is 13.5. The summed E-state index contributed by atoms with van der Waals surface area (Å²) in [5, 5.41) is 12.8. The molecule has 0 N–H and O–H groups in total. The first-order valence-electron chi connectivity index (χ1n) is 17.7. The highest BCUT2D eigenvalue weighted by atomic mass is 14.3. The van der Waals surface area contributed by atoms with Crippen LogP contribution in [0.15, 0.2) is 182 Å². The van der Waals surface area contributed by atoms with Crippen LogP contribution in [-0.4, -0.2) is 0 Å². The standard InChI is InChI=1S/C50H34/c1-3-17-35(18-4-1)45-41-23-11-12-24-42(41)46(36-19-5-2-6-20-36)50-48(40-30-28-34-16-8-10-22-38(34)32-40)44-26-14-13-25-43(44)47(49(45)50)39-29-27-33-15-7-9-21-37(33)31-39/h1-5,7-19,21-32H,6,20H2. The van der Waals surface area contributed by atoms with Gasteiger partial charge in [-0.1, -0.05) is 170 Å². The highest BCUT2D eigenvalue weighted by Crippen LogP contribution is 2.53. The molecule has 1 aliphatic rings. The quantitative estimate of drug-likeness (QED) is 0.169. The van der Waals surface area contributed by atoms with Crippen LogP contribution in [0, 0.1) is 0 Å². The van der Waals surface area contributed by atoms with Gasteiger partial charge in [0.2, 0.25) is 0 Å². The number of fused-ring (bicyclic) bond motifs is 5. The lowest BCUT2D eigenvalue weighted by Gasteiger charge is -2.26. The molecule has 0 fully saturated rings. The van der Waals surface area contributed by atoms with Crippen molar-refractivity contribution in [2.24, 2.45) is 0 Å². The largest absolute Gasteiger partial charge is 0.0842 e. The van der Waals surface area contributed by atoms with E-state index in [0.717, 1.165) is 12.8 Å². The second kappa shape index (κ2) is 11.7. The molecule has 1 aliphatic carbocycles. The Morgan fingerprint density at radius 1 is 0.340 bits per heavy atom. The Bertz CT molecular complexity index is 2850. The van der Waals surface area contributed by atoms with E-state index in [1.54, 1.807) is 0 Å². The monoisotopic (exact) mass is 634 g/mol. The lowest BCUT2D eigenvalue weighted by molar-refractivity contribution is 1.06. The van der Waals surface area contributed by atoms with Gasteiger partial charge in [-0.05, 0) is 123 Å². The SMILES string of the molecule is C1=CCCC(c2c3ccccc3c(-c3ccccc3)c3c(-c4ccc5ccccc5c4)c4ccccc4c(-c4ccc5ccccc5c4)c23)=C1. The van der Waals surface area contributed by atoms with Crippen LogP contribution in [0.1, 0.15) is 18.4 Å². The Kier molecular flexibility index (Phi) is 6.74. The van der Waals surface area contributed by atoms with Gasteiger partial charge >= 0.3 is 0 Å². The molecule has 0 aliphatic heterocycles. The molecule has 0 saturated heterocycles. The Balaban J connectivity index is 1.52. The summed E-state index contributed by atoms with van der Waals surface area (Å²) in [4.78, 5) is 0. The Morgan fingerprint density at radius 3 is 1.30 bits per heavy atom. The van der Waals surface area contributed by atoms with Gasteiger partial charge in [0.05, 0.1) is 0 Å². The smallest absolute Gasteiger partial charge is 0.000150 e. The van der Waals surface area contributed by atoms with E-state index in [2.05, 4.69) is 182 Å². The molecule has 0 bridgehead atoms. The molecule has 0 aromatic heterocycles. The van der Waals surface area contributed by atoms with Crippen molar-refractivity contribution in [1.82, 2.24) is 0 Å². The van der Waals surface area contributed by atoms with Crippen molar-refractivity contribution in [2.75, 3.05) is 0 Å². The first-order chi connectivity index (χ1) is 24.8. The highest BCUT2D eigenvalue weighted by molar-refractivity contribution is 6.32. The topological polar surface area (TPSA) is 0 Å². The Labute approximate surface area is 292 Å². The first kappa shape index (κ1) is 28.7. The fourth-order valence-corrected chi connectivity index (χ4v) is 8.47. The van der Waals surface area contributed by atoms with E-state index in [0.29, 0.717) is 0 Å². The fourth-order valence-electron chi connectivity index (χ4n) is 8.47. The maximum absolute atomic E-state index is 2.41. The van der Waals surface area contributed by atoms with Crippen LogP contribution in [0.4, 0.5) is 0 Å². The van der Waals surface area contributed by atoms with Crippen LogP contribution >= 0.6 is 0 Å². The van der Waals surface area contributed by atoms with Crippen molar-refractivity contribution < 1.29 is 0 Å². The minimum absolute atomic E-state index is 1.01. The summed E-state index contributed by atoms with van der Waals surface area (Å²) in [7, 11) is 0. The number of hydrogen-bond acceptors (Lipinski definition) is 0. The van der Waals surface area contributed by atoms with Crippen molar-refractivity contribution in [2.45, 2.75) is 12.8 Å². The zero-order valence-corrected chi connectivity index (χ0v) is 27.7. The Hall–Kier alpha value is -6.24. The molecule has 0 saturated carbocycles. The third-order valence-corrected chi connectivity index (χ3v) is 10.7. The third-order valence-electron chi connectivity index (χ3n) is 10.7. The molecule has 0 heteroatoms. The van der Waals surface area contributed by atoms with E-state index in [4.69, 9.17) is 0 Å². The summed E-state index contributed by atoms with van der Waals surface area (Å²) < 4.78 is 0. The van der Waals surface area contributed by atoms with Crippen LogP contribution < -0.4 is 0 Å². The van der Waals surface area contributed by atoms with Gasteiger partial charge in [0.15, 0.2) is 0 Å². The molecule has 0 unspecified atom stereocenters. The maximum atomic E-state index is 2.41. The molecule has 0 radical (unpaired) electrons. The summed E-state index contributed by atoms with van der Waals surface area (Å²) in [6.07, 6.45) is 8.97. The molecule has 10 rings (SSSR count). The fraction of sp³-hybridized carbons (Fsp3) is 0.0400. The number of allylic oxidation sites excluding steroid dienone is 4. The molecule has 0 atom stereocenters. The van der Waals surface area contributed by atoms with Gasteiger partial charge in [-0.3, -0.25) is 0 Å². The zero-order valence-electron chi connectivity index (χ0n) is 27.7. The molecule has 234 valence electrons. The van der Waals surface area contributed by atoms with E-state index in [1.165, 1.54) is 98.4 Å². The minimum atomic E-state index is 1.01. The van der Waals surface area contributed by atoms with Crippen LogP contribution in [0.25, 0.3) is 92.8 Å². The summed E-state index contributed by atoms with van der Waals surface area (Å²) in [5.41, 5.74) is 10.4.